The highest BCUT2D eigenvalue weighted by molar-refractivity contribution is 4.03. The summed E-state index contributed by atoms with van der Waals surface area (Å²) in [5, 5.41) is 14.5. The van der Waals surface area contributed by atoms with Crippen molar-refractivity contribution >= 4 is 0 Å². The molecule has 0 aliphatic heterocycles. The lowest BCUT2D eigenvalue weighted by molar-refractivity contribution is 0.821. The second-order valence-electron chi connectivity index (χ2n) is 0.568. The molecule has 0 aromatic rings. The fourth-order valence-corrected chi connectivity index (χ4v) is 0.0779. The van der Waals surface area contributed by atoms with Crippen molar-refractivity contribution in [3.05, 3.63) is 0 Å². The zero-order chi connectivity index (χ0) is 5.54. The van der Waals surface area contributed by atoms with Crippen LogP contribution in [0.4, 0.5) is 0 Å². The van der Waals surface area contributed by atoms with Gasteiger partial charge >= 0.3 is 0 Å². The summed E-state index contributed by atoms with van der Waals surface area (Å²) in [4.78, 5) is 0. The fraction of sp³-hybridized carbons (Fsp3) is 1.00. The Balaban J connectivity index is 3.27. The zero-order valence-electron chi connectivity index (χ0n) is 3.74. The number of nitrogens with one attached hydrogen (secondary N) is 1. The minimum atomic E-state index is 1.45. The molecular formula is CH4N6. The molecule has 0 saturated heterocycles. The van der Waals surface area contributed by atoms with Crippen LogP contribution in [0.2, 0.25) is 0 Å². The van der Waals surface area contributed by atoms with E-state index in [1.807, 2.05) is 0 Å². The Bertz CT molecular complexity index is 90.4. The molecule has 0 aromatic carbocycles. The minimum Gasteiger partial charge on any atom is -0.183 e. The van der Waals surface area contributed by atoms with Crippen LogP contribution in [-0.2, 0) is 0 Å². The Morgan fingerprint density at radius 2 is 1.86 bits per heavy atom. The summed E-state index contributed by atoms with van der Waals surface area (Å²) in [5.41, 5.74) is 6.04. The molecule has 0 radical (unpaired) electrons. The van der Waals surface area contributed by atoms with Crippen LogP contribution in [0.5, 0.6) is 0 Å². The second kappa shape index (κ2) is 4.80. The lowest BCUT2D eigenvalue weighted by Gasteiger charge is -1.62. The van der Waals surface area contributed by atoms with E-state index in [0.717, 1.165) is 0 Å². The van der Waals surface area contributed by atoms with Gasteiger partial charge in [0.25, 0.3) is 0 Å². The number of nitrogens with zero attached hydrogens (tertiary/aromatic N) is 5. The van der Waals surface area contributed by atoms with Crippen molar-refractivity contribution in [2.45, 2.75) is 0 Å². The van der Waals surface area contributed by atoms with Crippen LogP contribution in [0.3, 0.4) is 0 Å². The molecule has 0 fully saturated rings. The van der Waals surface area contributed by atoms with E-state index in [-0.39, 0.29) is 0 Å². The standard InChI is InChI=1S/CH4N6/c1-3-5-7-6-4-2/h2H,1H3. The highest BCUT2D eigenvalue weighted by Gasteiger charge is 1.55. The van der Waals surface area contributed by atoms with Gasteiger partial charge in [0.05, 0.1) is 7.05 Å². The maximum atomic E-state index is 6.04. The SMILES string of the molecule is CN=NN=NN=N. The Labute approximate surface area is 39.8 Å². The molecule has 0 bridgehead atoms. The highest BCUT2D eigenvalue weighted by Crippen LogP contribution is 1.75. The predicted octanol–water partition coefficient (Wildman–Crippen LogP) is 1.38. The van der Waals surface area contributed by atoms with E-state index in [1.54, 1.807) is 0 Å². The van der Waals surface area contributed by atoms with Gasteiger partial charge in [-0.05, 0) is 20.9 Å². The van der Waals surface area contributed by atoms with Gasteiger partial charge in [-0.2, -0.15) is 10.6 Å². The topological polar surface area (TPSA) is 85.7 Å². The summed E-state index contributed by atoms with van der Waals surface area (Å²) in [6, 6.07) is 0. The Hall–Kier alpha value is -1.20. The van der Waals surface area contributed by atoms with Gasteiger partial charge < -0.3 is 0 Å². The molecule has 6 nitrogen and oxygen atoms in total. The third kappa shape index (κ3) is 4.80. The van der Waals surface area contributed by atoms with Crippen molar-refractivity contribution in [2.24, 2.45) is 26.0 Å². The molecule has 38 valence electrons. The van der Waals surface area contributed by atoms with Crippen molar-refractivity contribution in [2.75, 3.05) is 7.05 Å². The monoisotopic (exact) mass is 100 g/mol. The van der Waals surface area contributed by atoms with Crippen molar-refractivity contribution in [3.63, 3.8) is 0 Å². The van der Waals surface area contributed by atoms with Crippen LogP contribution >= 0.6 is 0 Å². The average molecular weight is 100 g/mol. The lowest BCUT2D eigenvalue weighted by atomic mass is 11.6. The first-order valence-electron chi connectivity index (χ1n) is 1.47. The summed E-state index contributed by atoms with van der Waals surface area (Å²) in [5.74, 6) is 0. The van der Waals surface area contributed by atoms with E-state index in [1.165, 1.54) is 7.05 Å². The van der Waals surface area contributed by atoms with Gasteiger partial charge in [0.2, 0.25) is 0 Å². The smallest absolute Gasteiger partial charge is 0.0510 e. The van der Waals surface area contributed by atoms with Crippen molar-refractivity contribution in [1.82, 2.24) is 0 Å². The molecule has 0 heterocycles. The van der Waals surface area contributed by atoms with E-state index in [4.69, 9.17) is 5.53 Å². The van der Waals surface area contributed by atoms with Crippen molar-refractivity contribution < 1.29 is 0 Å². The largest absolute Gasteiger partial charge is 0.183 e. The van der Waals surface area contributed by atoms with Crippen molar-refractivity contribution in [1.29, 1.82) is 5.53 Å². The van der Waals surface area contributed by atoms with Gasteiger partial charge in [0.15, 0.2) is 0 Å². The molecule has 6 heteroatoms. The van der Waals surface area contributed by atoms with Crippen LogP contribution < -0.4 is 0 Å². The number of rotatable bonds is 2. The Kier molecular flexibility index (Phi) is 3.98. The Morgan fingerprint density at radius 3 is 2.29 bits per heavy atom. The third-order valence-corrected chi connectivity index (χ3v) is 0.214. The molecule has 0 spiro atoms. The second-order valence-corrected chi connectivity index (χ2v) is 0.568. The molecule has 0 saturated carbocycles. The number of hydrogen-bond donors (Lipinski definition) is 1. The first-order chi connectivity index (χ1) is 3.41. The van der Waals surface area contributed by atoms with Crippen LogP contribution in [0, 0.1) is 5.53 Å². The molecular weight excluding hydrogens is 96.1 g/mol. The maximum absolute atomic E-state index is 6.04. The Morgan fingerprint density at radius 1 is 1.14 bits per heavy atom. The molecule has 7 heavy (non-hydrogen) atoms. The lowest BCUT2D eigenvalue weighted by Crippen LogP contribution is -1.43. The first kappa shape index (κ1) is 5.80. The first-order valence-corrected chi connectivity index (χ1v) is 1.47. The molecule has 0 amide bonds. The minimum absolute atomic E-state index is 1.45. The summed E-state index contributed by atoms with van der Waals surface area (Å²) < 4.78 is 0. The van der Waals surface area contributed by atoms with Crippen LogP contribution in [0.15, 0.2) is 26.0 Å². The molecule has 1 N–H and O–H groups in total. The highest BCUT2D eigenvalue weighted by atomic mass is 15.6. The van der Waals surface area contributed by atoms with Crippen LogP contribution in [0.1, 0.15) is 0 Å². The van der Waals surface area contributed by atoms with Crippen LogP contribution in [-0.4, -0.2) is 7.05 Å². The quantitative estimate of drug-likeness (QED) is 0.401. The van der Waals surface area contributed by atoms with E-state index in [0.29, 0.717) is 0 Å². The van der Waals surface area contributed by atoms with Gasteiger partial charge in [-0.1, -0.05) is 0 Å². The normalized spacial score (nSPS) is 11.0. The fourth-order valence-electron chi connectivity index (χ4n) is 0.0779. The van der Waals surface area contributed by atoms with E-state index in [9.17, 15) is 0 Å². The molecule has 0 aliphatic carbocycles. The maximum Gasteiger partial charge on any atom is 0.0510 e. The summed E-state index contributed by atoms with van der Waals surface area (Å²) in [6.45, 7) is 0. The van der Waals surface area contributed by atoms with Gasteiger partial charge in [-0.3, -0.25) is 0 Å². The van der Waals surface area contributed by atoms with Gasteiger partial charge in [0, 0.05) is 0 Å². The molecule has 0 unspecified atom stereocenters. The summed E-state index contributed by atoms with van der Waals surface area (Å²) in [7, 11) is 1.45. The van der Waals surface area contributed by atoms with Gasteiger partial charge in [-0.15, -0.1) is 0 Å². The van der Waals surface area contributed by atoms with Gasteiger partial charge in [-0.25, -0.2) is 0 Å². The van der Waals surface area contributed by atoms with Gasteiger partial charge in [0.1, 0.15) is 0 Å². The molecule has 0 aliphatic rings. The van der Waals surface area contributed by atoms with E-state index < -0.39 is 0 Å². The predicted molar refractivity (Wildman–Crippen MR) is 20.8 cm³/mol. The number of hydrogen-bond acceptors (Lipinski definition) is 2. The summed E-state index contributed by atoms with van der Waals surface area (Å²) in [6.07, 6.45) is 0. The van der Waals surface area contributed by atoms with Crippen molar-refractivity contribution in [3.8, 4) is 0 Å². The average Bonchev–Trinajstić information content (AvgIpc) is 1.69. The third-order valence-electron chi connectivity index (χ3n) is 0.214. The molecule has 0 atom stereocenters. The van der Waals surface area contributed by atoms with E-state index in [2.05, 4.69) is 26.0 Å². The molecule has 0 rings (SSSR count). The van der Waals surface area contributed by atoms with Crippen LogP contribution in [0.25, 0.3) is 0 Å². The summed E-state index contributed by atoms with van der Waals surface area (Å²) >= 11 is 0. The molecule has 0 aromatic heterocycles. The zero-order valence-corrected chi connectivity index (χ0v) is 3.74. The van der Waals surface area contributed by atoms with E-state index >= 15 is 0 Å².